The molecule has 1 aliphatic carbocycles. The van der Waals surface area contributed by atoms with E-state index >= 15 is 0 Å². The van der Waals surface area contributed by atoms with Crippen molar-refractivity contribution in [2.45, 2.75) is 50.1 Å². The zero-order chi connectivity index (χ0) is 13.7. The van der Waals surface area contributed by atoms with Crippen molar-refractivity contribution in [2.75, 3.05) is 13.1 Å². The maximum absolute atomic E-state index is 11.9. The third kappa shape index (κ3) is 4.59. The van der Waals surface area contributed by atoms with Crippen molar-refractivity contribution in [3.63, 3.8) is 0 Å². The second-order valence-electron chi connectivity index (χ2n) is 4.92. The maximum Gasteiger partial charge on any atom is 0.243 e. The van der Waals surface area contributed by atoms with Crippen molar-refractivity contribution in [3.8, 4) is 0 Å². The minimum atomic E-state index is -3.38. The highest BCUT2D eigenvalue weighted by Crippen LogP contribution is 2.18. The number of aryl methyl sites for hydroxylation is 1. The molecule has 1 fully saturated rings. The minimum absolute atomic E-state index is 0.246. The van der Waals surface area contributed by atoms with Crippen LogP contribution in [0, 0.1) is 0 Å². The Hall–Kier alpha value is -0.920. The summed E-state index contributed by atoms with van der Waals surface area (Å²) in [4.78, 5) is 0.246. The Morgan fingerprint density at radius 1 is 1.42 bits per heavy atom. The van der Waals surface area contributed by atoms with Crippen LogP contribution in [-0.2, 0) is 16.6 Å². The first kappa shape index (κ1) is 14.5. The number of hydrogen-bond acceptors (Lipinski definition) is 4. The topological polar surface area (TPSA) is 76.0 Å². The van der Waals surface area contributed by atoms with Gasteiger partial charge in [-0.3, -0.25) is 4.68 Å². The van der Waals surface area contributed by atoms with Gasteiger partial charge in [0.1, 0.15) is 4.90 Å². The summed E-state index contributed by atoms with van der Waals surface area (Å²) in [5.41, 5.74) is 0. The molecule has 2 rings (SSSR count). The third-order valence-corrected chi connectivity index (χ3v) is 4.45. The molecule has 7 heteroatoms. The zero-order valence-electron chi connectivity index (χ0n) is 11.3. The van der Waals surface area contributed by atoms with Crippen molar-refractivity contribution >= 4 is 10.0 Å². The SMILES string of the molecule is CCCNS(=O)(=O)c1cnn(CCCNC2CC2)c1. The summed E-state index contributed by atoms with van der Waals surface area (Å²) in [6.07, 6.45) is 7.31. The molecule has 19 heavy (non-hydrogen) atoms. The highest BCUT2D eigenvalue weighted by molar-refractivity contribution is 7.89. The van der Waals surface area contributed by atoms with Crippen LogP contribution in [0.4, 0.5) is 0 Å². The molecule has 108 valence electrons. The Kier molecular flexibility index (Phi) is 4.95. The molecule has 2 N–H and O–H groups in total. The first-order valence-electron chi connectivity index (χ1n) is 6.87. The molecule has 0 saturated heterocycles. The molecular formula is C12H22N4O2S. The average Bonchev–Trinajstić information content (AvgIpc) is 3.08. The van der Waals surface area contributed by atoms with E-state index in [-0.39, 0.29) is 4.90 Å². The second kappa shape index (κ2) is 6.49. The normalized spacial score (nSPS) is 15.8. The van der Waals surface area contributed by atoms with Crippen molar-refractivity contribution in [1.82, 2.24) is 19.8 Å². The Labute approximate surface area is 114 Å². The van der Waals surface area contributed by atoms with Gasteiger partial charge >= 0.3 is 0 Å². The number of hydrogen-bond donors (Lipinski definition) is 2. The molecule has 1 saturated carbocycles. The third-order valence-electron chi connectivity index (χ3n) is 3.04. The summed E-state index contributed by atoms with van der Waals surface area (Å²) in [6, 6.07) is 0.715. The quantitative estimate of drug-likeness (QED) is 0.656. The van der Waals surface area contributed by atoms with Crippen molar-refractivity contribution < 1.29 is 8.42 Å². The summed E-state index contributed by atoms with van der Waals surface area (Å²) in [5.74, 6) is 0. The molecule has 0 atom stereocenters. The van der Waals surface area contributed by atoms with Gasteiger partial charge in [-0.2, -0.15) is 5.10 Å². The van der Waals surface area contributed by atoms with E-state index in [0.717, 1.165) is 25.9 Å². The summed E-state index contributed by atoms with van der Waals surface area (Å²) in [7, 11) is -3.38. The van der Waals surface area contributed by atoms with Gasteiger partial charge in [0.2, 0.25) is 10.0 Å². The molecule has 1 heterocycles. The Morgan fingerprint density at radius 2 is 2.21 bits per heavy atom. The van der Waals surface area contributed by atoms with Gasteiger partial charge in [-0.1, -0.05) is 6.92 Å². The monoisotopic (exact) mass is 286 g/mol. The molecular weight excluding hydrogens is 264 g/mol. The summed E-state index contributed by atoms with van der Waals surface area (Å²) < 4.78 is 27.9. The van der Waals surface area contributed by atoms with Gasteiger partial charge in [0.25, 0.3) is 0 Å². The van der Waals surface area contributed by atoms with Gasteiger partial charge in [-0.15, -0.1) is 0 Å². The average molecular weight is 286 g/mol. The highest BCUT2D eigenvalue weighted by Gasteiger charge is 2.19. The van der Waals surface area contributed by atoms with E-state index in [9.17, 15) is 8.42 Å². The van der Waals surface area contributed by atoms with Crippen molar-refractivity contribution in [1.29, 1.82) is 0 Å². The fourth-order valence-electron chi connectivity index (χ4n) is 1.76. The van der Waals surface area contributed by atoms with Gasteiger partial charge in [-0.25, -0.2) is 13.1 Å². The predicted molar refractivity (Wildman–Crippen MR) is 73.3 cm³/mol. The first-order valence-corrected chi connectivity index (χ1v) is 8.35. The van der Waals surface area contributed by atoms with Gasteiger partial charge < -0.3 is 5.32 Å². The van der Waals surface area contributed by atoms with Gasteiger partial charge in [0.15, 0.2) is 0 Å². The van der Waals surface area contributed by atoms with E-state index in [2.05, 4.69) is 15.1 Å². The lowest BCUT2D eigenvalue weighted by molar-refractivity contribution is 0.541. The lowest BCUT2D eigenvalue weighted by atomic mass is 10.4. The van der Waals surface area contributed by atoms with Gasteiger partial charge in [0.05, 0.1) is 6.20 Å². The Balaban J connectivity index is 1.79. The molecule has 1 aliphatic rings. The van der Waals surface area contributed by atoms with E-state index < -0.39 is 10.0 Å². The first-order chi connectivity index (χ1) is 9.12. The standard InChI is InChI=1S/C12H22N4O2S/c1-2-6-15-19(17,18)12-9-14-16(10-12)8-3-7-13-11-4-5-11/h9-11,13,15H,2-8H2,1H3. The van der Waals surface area contributed by atoms with Crippen LogP contribution < -0.4 is 10.0 Å². The largest absolute Gasteiger partial charge is 0.314 e. The number of nitrogens with one attached hydrogen (secondary N) is 2. The van der Waals surface area contributed by atoms with Crippen molar-refractivity contribution in [2.24, 2.45) is 0 Å². The van der Waals surface area contributed by atoms with Gasteiger partial charge in [-0.05, 0) is 32.2 Å². The van der Waals surface area contributed by atoms with E-state index in [4.69, 9.17) is 0 Å². The lowest BCUT2D eigenvalue weighted by Gasteiger charge is -2.03. The molecule has 0 aliphatic heterocycles. The molecule has 1 aromatic heterocycles. The number of rotatable bonds is 9. The molecule has 0 bridgehead atoms. The van der Waals surface area contributed by atoms with Crippen LogP contribution in [0.1, 0.15) is 32.6 Å². The number of sulfonamides is 1. The van der Waals surface area contributed by atoms with Gasteiger partial charge in [0, 0.05) is 25.3 Å². The van der Waals surface area contributed by atoms with Crippen LogP contribution in [0.3, 0.4) is 0 Å². The molecule has 0 unspecified atom stereocenters. The fraction of sp³-hybridized carbons (Fsp3) is 0.750. The highest BCUT2D eigenvalue weighted by atomic mass is 32.2. The Bertz CT molecular complexity index is 494. The van der Waals surface area contributed by atoms with Crippen LogP contribution >= 0.6 is 0 Å². The number of aromatic nitrogens is 2. The molecule has 6 nitrogen and oxygen atoms in total. The predicted octanol–water partition coefficient (Wildman–Crippen LogP) is 0.714. The van der Waals surface area contributed by atoms with Crippen LogP contribution in [0.25, 0.3) is 0 Å². The Morgan fingerprint density at radius 3 is 2.89 bits per heavy atom. The van der Waals surface area contributed by atoms with E-state index in [1.807, 2.05) is 6.92 Å². The summed E-state index contributed by atoms with van der Waals surface area (Å²) in [5, 5.41) is 7.51. The smallest absolute Gasteiger partial charge is 0.243 e. The van der Waals surface area contributed by atoms with Crippen LogP contribution in [-0.4, -0.2) is 37.3 Å². The lowest BCUT2D eigenvalue weighted by Crippen LogP contribution is -2.24. The van der Waals surface area contributed by atoms with E-state index in [1.165, 1.54) is 19.0 Å². The number of nitrogens with zero attached hydrogens (tertiary/aromatic N) is 2. The summed E-state index contributed by atoms with van der Waals surface area (Å²) in [6.45, 7) is 4.08. The molecule has 0 aromatic carbocycles. The van der Waals surface area contributed by atoms with Crippen LogP contribution in [0.2, 0.25) is 0 Å². The van der Waals surface area contributed by atoms with E-state index in [1.54, 1.807) is 10.9 Å². The molecule has 0 radical (unpaired) electrons. The summed E-state index contributed by atoms with van der Waals surface area (Å²) >= 11 is 0. The minimum Gasteiger partial charge on any atom is -0.314 e. The van der Waals surface area contributed by atoms with Crippen LogP contribution in [0.5, 0.6) is 0 Å². The van der Waals surface area contributed by atoms with Crippen LogP contribution in [0.15, 0.2) is 17.3 Å². The zero-order valence-corrected chi connectivity index (χ0v) is 12.1. The van der Waals surface area contributed by atoms with Crippen molar-refractivity contribution in [3.05, 3.63) is 12.4 Å². The fourth-order valence-corrected chi connectivity index (χ4v) is 2.85. The molecule has 0 amide bonds. The van der Waals surface area contributed by atoms with E-state index in [0.29, 0.717) is 12.6 Å². The molecule has 1 aromatic rings. The second-order valence-corrected chi connectivity index (χ2v) is 6.69. The maximum atomic E-state index is 11.9. The molecule has 0 spiro atoms.